The molecule has 1 heterocycles. The molecule has 0 aliphatic carbocycles. The largest absolute Gasteiger partial charge is 0.481 e. The molecule has 0 aromatic carbocycles. The van der Waals surface area contributed by atoms with Gasteiger partial charge in [-0.1, -0.05) is 12.7 Å². The average molecular weight is 257 g/mol. The van der Waals surface area contributed by atoms with E-state index in [-0.39, 0.29) is 25.5 Å². The third-order valence-electron chi connectivity index (χ3n) is 3.03. The van der Waals surface area contributed by atoms with Crippen molar-refractivity contribution < 1.29 is 24.5 Å². The first-order valence-corrected chi connectivity index (χ1v) is 5.97. The van der Waals surface area contributed by atoms with Crippen molar-refractivity contribution in [2.75, 3.05) is 19.7 Å². The number of amides is 1. The van der Waals surface area contributed by atoms with Gasteiger partial charge in [0.05, 0.1) is 12.6 Å². The number of carboxylic acid groups (broad SMARTS) is 1. The lowest BCUT2D eigenvalue weighted by Gasteiger charge is -2.35. The van der Waals surface area contributed by atoms with E-state index in [2.05, 4.69) is 6.58 Å². The van der Waals surface area contributed by atoms with Crippen LogP contribution in [0.4, 0.5) is 4.79 Å². The number of piperidine rings is 1. The van der Waals surface area contributed by atoms with Crippen LogP contribution in [-0.2, 0) is 9.53 Å². The van der Waals surface area contributed by atoms with Gasteiger partial charge in [-0.3, -0.25) is 4.79 Å². The number of carboxylic acids is 1. The number of aliphatic hydroxyl groups excluding tert-OH is 1. The first-order valence-electron chi connectivity index (χ1n) is 5.97. The molecule has 1 aliphatic heterocycles. The number of β-amino-alcohol motifs (C(OH)–C–C–N with tert-alkyl or cyclic N) is 1. The predicted molar refractivity (Wildman–Crippen MR) is 64.1 cm³/mol. The van der Waals surface area contributed by atoms with E-state index < -0.39 is 18.2 Å². The lowest BCUT2D eigenvalue weighted by atomic mass is 9.90. The number of hydrogen-bond acceptors (Lipinski definition) is 4. The summed E-state index contributed by atoms with van der Waals surface area (Å²) in [6, 6.07) is 0. The van der Waals surface area contributed by atoms with Crippen LogP contribution in [0.1, 0.15) is 19.3 Å². The lowest BCUT2D eigenvalue weighted by molar-refractivity contribution is -0.137. The lowest BCUT2D eigenvalue weighted by Crippen LogP contribution is -2.46. The Hall–Kier alpha value is -1.56. The van der Waals surface area contributed by atoms with Crippen molar-refractivity contribution in [3.63, 3.8) is 0 Å². The van der Waals surface area contributed by atoms with Gasteiger partial charge in [0.25, 0.3) is 0 Å². The number of carbonyl (C=O) groups excluding carboxylic acids is 1. The van der Waals surface area contributed by atoms with Crippen LogP contribution >= 0.6 is 0 Å². The molecule has 0 aromatic rings. The van der Waals surface area contributed by atoms with Crippen molar-refractivity contribution in [2.24, 2.45) is 5.92 Å². The zero-order chi connectivity index (χ0) is 13.5. The van der Waals surface area contributed by atoms with Crippen molar-refractivity contribution in [2.45, 2.75) is 25.4 Å². The van der Waals surface area contributed by atoms with Crippen LogP contribution in [0.2, 0.25) is 0 Å². The summed E-state index contributed by atoms with van der Waals surface area (Å²) in [7, 11) is 0. The molecule has 1 amide bonds. The molecule has 6 nitrogen and oxygen atoms in total. The number of rotatable bonds is 5. The summed E-state index contributed by atoms with van der Waals surface area (Å²) in [5.74, 6) is -0.931. The Kier molecular flexibility index (Phi) is 5.64. The highest BCUT2D eigenvalue weighted by Crippen LogP contribution is 2.22. The normalized spacial score (nSPS) is 23.5. The fraction of sp³-hybridized carbons (Fsp3) is 0.667. The average Bonchev–Trinajstić information content (AvgIpc) is 2.34. The van der Waals surface area contributed by atoms with Crippen molar-refractivity contribution in [3.8, 4) is 0 Å². The molecule has 1 aliphatic rings. The van der Waals surface area contributed by atoms with Crippen LogP contribution in [-0.4, -0.2) is 53.0 Å². The second-order valence-electron chi connectivity index (χ2n) is 4.36. The van der Waals surface area contributed by atoms with Crippen LogP contribution in [0.5, 0.6) is 0 Å². The summed E-state index contributed by atoms with van der Waals surface area (Å²) in [6.07, 6.45) is 1.40. The van der Waals surface area contributed by atoms with E-state index in [0.29, 0.717) is 19.4 Å². The Morgan fingerprint density at radius 2 is 2.22 bits per heavy atom. The molecule has 0 bridgehead atoms. The monoisotopic (exact) mass is 257 g/mol. The minimum absolute atomic E-state index is 0.0443. The van der Waals surface area contributed by atoms with Gasteiger partial charge in [0.2, 0.25) is 0 Å². The Morgan fingerprint density at radius 1 is 1.50 bits per heavy atom. The minimum atomic E-state index is -0.866. The SMILES string of the molecule is C=CCOC(=O)N1CC[C@H](CCC(=O)O)[C@H](O)C1. The molecule has 0 unspecified atom stereocenters. The number of hydrogen-bond donors (Lipinski definition) is 2. The van der Waals surface area contributed by atoms with Crippen LogP contribution < -0.4 is 0 Å². The van der Waals surface area contributed by atoms with Gasteiger partial charge in [0.1, 0.15) is 6.61 Å². The van der Waals surface area contributed by atoms with E-state index in [1.54, 1.807) is 0 Å². The van der Waals surface area contributed by atoms with E-state index in [1.165, 1.54) is 11.0 Å². The Morgan fingerprint density at radius 3 is 2.78 bits per heavy atom. The maximum Gasteiger partial charge on any atom is 0.410 e. The van der Waals surface area contributed by atoms with Gasteiger partial charge >= 0.3 is 12.1 Å². The van der Waals surface area contributed by atoms with Crippen LogP contribution in [0, 0.1) is 5.92 Å². The molecule has 2 N–H and O–H groups in total. The molecule has 1 fully saturated rings. The summed E-state index contributed by atoms with van der Waals surface area (Å²) in [4.78, 5) is 23.4. The Balaban J connectivity index is 2.37. The van der Waals surface area contributed by atoms with E-state index >= 15 is 0 Å². The topological polar surface area (TPSA) is 87.1 Å². The standard InChI is InChI=1S/C12H19NO5/c1-2-7-18-12(17)13-6-5-9(10(14)8-13)3-4-11(15)16/h2,9-10,14H,1,3-8H2,(H,15,16)/t9-,10+/m0/s1. The van der Waals surface area contributed by atoms with Crippen molar-refractivity contribution in [3.05, 3.63) is 12.7 Å². The van der Waals surface area contributed by atoms with Gasteiger partial charge in [-0.25, -0.2) is 4.79 Å². The fourth-order valence-electron chi connectivity index (χ4n) is 2.01. The molecule has 2 atom stereocenters. The number of ether oxygens (including phenoxy) is 1. The number of aliphatic carboxylic acids is 1. The third-order valence-corrected chi connectivity index (χ3v) is 3.03. The second-order valence-corrected chi connectivity index (χ2v) is 4.36. The summed E-state index contributed by atoms with van der Waals surface area (Å²) in [5, 5.41) is 18.5. The summed E-state index contributed by atoms with van der Waals surface area (Å²) in [6.45, 7) is 4.27. The van der Waals surface area contributed by atoms with Crippen molar-refractivity contribution >= 4 is 12.1 Å². The number of likely N-dealkylation sites (tertiary alicyclic amines) is 1. The number of aliphatic hydroxyl groups is 1. The van der Waals surface area contributed by atoms with Gasteiger partial charge in [0.15, 0.2) is 0 Å². The van der Waals surface area contributed by atoms with Crippen LogP contribution in [0.25, 0.3) is 0 Å². The third kappa shape index (κ3) is 4.37. The minimum Gasteiger partial charge on any atom is -0.481 e. The number of nitrogens with zero attached hydrogens (tertiary/aromatic N) is 1. The Bertz CT molecular complexity index is 318. The highest BCUT2D eigenvalue weighted by atomic mass is 16.6. The quantitative estimate of drug-likeness (QED) is 0.713. The molecule has 1 rings (SSSR count). The maximum atomic E-state index is 11.5. The van der Waals surface area contributed by atoms with Gasteiger partial charge in [-0.05, 0) is 18.8 Å². The molecule has 0 saturated carbocycles. The predicted octanol–water partition coefficient (Wildman–Crippen LogP) is 0.857. The zero-order valence-electron chi connectivity index (χ0n) is 10.2. The highest BCUT2D eigenvalue weighted by molar-refractivity contribution is 5.68. The second kappa shape index (κ2) is 7.00. The highest BCUT2D eigenvalue weighted by Gasteiger charge is 2.30. The van der Waals surface area contributed by atoms with E-state index in [1.807, 2.05) is 0 Å². The summed E-state index contributed by atoms with van der Waals surface area (Å²) in [5.41, 5.74) is 0. The molecule has 0 aromatic heterocycles. The molecule has 102 valence electrons. The molecule has 0 spiro atoms. The van der Waals surface area contributed by atoms with Crippen molar-refractivity contribution in [1.29, 1.82) is 0 Å². The Labute approximate surface area is 106 Å². The summed E-state index contributed by atoms with van der Waals surface area (Å²) >= 11 is 0. The molecule has 0 radical (unpaired) electrons. The summed E-state index contributed by atoms with van der Waals surface area (Å²) < 4.78 is 4.88. The van der Waals surface area contributed by atoms with Gasteiger partial charge < -0.3 is 19.8 Å². The first kappa shape index (κ1) is 14.5. The smallest absolute Gasteiger partial charge is 0.410 e. The van der Waals surface area contributed by atoms with Gasteiger partial charge in [0, 0.05) is 13.0 Å². The molecule has 6 heteroatoms. The first-order chi connectivity index (χ1) is 8.54. The van der Waals surface area contributed by atoms with E-state index in [4.69, 9.17) is 9.84 Å². The molecule has 1 saturated heterocycles. The molecular weight excluding hydrogens is 238 g/mol. The van der Waals surface area contributed by atoms with Crippen LogP contribution in [0.3, 0.4) is 0 Å². The van der Waals surface area contributed by atoms with Gasteiger partial charge in [-0.2, -0.15) is 0 Å². The number of carbonyl (C=O) groups is 2. The van der Waals surface area contributed by atoms with Crippen LogP contribution in [0.15, 0.2) is 12.7 Å². The van der Waals surface area contributed by atoms with Gasteiger partial charge in [-0.15, -0.1) is 0 Å². The van der Waals surface area contributed by atoms with E-state index in [0.717, 1.165) is 0 Å². The van der Waals surface area contributed by atoms with Crippen molar-refractivity contribution in [1.82, 2.24) is 4.90 Å². The zero-order valence-corrected chi connectivity index (χ0v) is 10.2. The van der Waals surface area contributed by atoms with E-state index in [9.17, 15) is 14.7 Å². The molecule has 18 heavy (non-hydrogen) atoms. The fourth-order valence-corrected chi connectivity index (χ4v) is 2.01. The maximum absolute atomic E-state index is 11.5. The molecular formula is C12H19NO5.